The van der Waals surface area contributed by atoms with Crippen molar-refractivity contribution in [2.75, 3.05) is 6.61 Å². The standard InChI is InChI=1S/C17H32O3/c1-16(14-15-18)12-10-8-6-4-2-3-5-7-9-11-13-17(19)20/h8,10,16,18H,2-7,9,11-15H2,1H3,(H,19,20)/p-1/b10-8+. The van der Waals surface area contributed by atoms with Crippen molar-refractivity contribution >= 4 is 5.97 Å². The highest BCUT2D eigenvalue weighted by atomic mass is 16.4. The highest BCUT2D eigenvalue weighted by Crippen LogP contribution is 2.11. The fraction of sp³-hybridized carbons (Fsp3) is 0.824. The van der Waals surface area contributed by atoms with Crippen LogP contribution in [-0.2, 0) is 4.79 Å². The van der Waals surface area contributed by atoms with Crippen LogP contribution in [0.2, 0.25) is 0 Å². The van der Waals surface area contributed by atoms with Gasteiger partial charge in [0.05, 0.1) is 0 Å². The third-order valence-corrected chi connectivity index (χ3v) is 3.58. The molecule has 0 aromatic carbocycles. The molecule has 1 atom stereocenters. The summed E-state index contributed by atoms with van der Waals surface area (Å²) in [5.41, 5.74) is 0. The first-order valence-electron chi connectivity index (χ1n) is 8.12. The summed E-state index contributed by atoms with van der Waals surface area (Å²) in [5, 5.41) is 19.0. The second kappa shape index (κ2) is 14.6. The molecular formula is C17H31O3-. The Morgan fingerprint density at radius 3 is 2.25 bits per heavy atom. The minimum absolute atomic E-state index is 0.208. The van der Waals surface area contributed by atoms with Gasteiger partial charge in [0.1, 0.15) is 0 Å². The maximum Gasteiger partial charge on any atom is 0.0433 e. The van der Waals surface area contributed by atoms with Gasteiger partial charge >= 0.3 is 0 Å². The quantitative estimate of drug-likeness (QED) is 0.393. The summed E-state index contributed by atoms with van der Waals surface area (Å²) in [6.07, 6.45) is 15.7. The molecule has 0 bridgehead atoms. The van der Waals surface area contributed by atoms with E-state index in [0.717, 1.165) is 38.5 Å². The first kappa shape index (κ1) is 19.2. The maximum atomic E-state index is 10.2. The molecule has 3 heteroatoms. The lowest BCUT2D eigenvalue weighted by Crippen LogP contribution is -2.21. The van der Waals surface area contributed by atoms with Crippen LogP contribution in [-0.4, -0.2) is 17.7 Å². The number of hydrogen-bond acceptors (Lipinski definition) is 3. The van der Waals surface area contributed by atoms with Crippen LogP contribution in [0.25, 0.3) is 0 Å². The Morgan fingerprint density at radius 2 is 1.65 bits per heavy atom. The molecule has 1 N–H and O–H groups in total. The van der Waals surface area contributed by atoms with Crippen molar-refractivity contribution < 1.29 is 15.0 Å². The van der Waals surface area contributed by atoms with Gasteiger partial charge in [0.15, 0.2) is 0 Å². The lowest BCUT2D eigenvalue weighted by Gasteiger charge is -2.04. The second-order valence-corrected chi connectivity index (χ2v) is 5.71. The summed E-state index contributed by atoms with van der Waals surface area (Å²) >= 11 is 0. The Bertz CT molecular complexity index is 249. The summed E-state index contributed by atoms with van der Waals surface area (Å²) in [4.78, 5) is 10.2. The van der Waals surface area contributed by atoms with Gasteiger partial charge in [0, 0.05) is 12.6 Å². The third-order valence-electron chi connectivity index (χ3n) is 3.58. The molecule has 0 amide bonds. The molecule has 0 aromatic rings. The van der Waals surface area contributed by atoms with Crippen molar-refractivity contribution in [3.05, 3.63) is 12.2 Å². The molecule has 0 saturated carbocycles. The summed E-state index contributed by atoms with van der Waals surface area (Å²) in [5.74, 6) is -0.345. The van der Waals surface area contributed by atoms with Gasteiger partial charge in [-0.1, -0.05) is 51.2 Å². The fourth-order valence-electron chi connectivity index (χ4n) is 2.20. The van der Waals surface area contributed by atoms with E-state index in [4.69, 9.17) is 5.11 Å². The molecule has 0 radical (unpaired) electrons. The van der Waals surface area contributed by atoms with Gasteiger partial charge in [-0.05, 0) is 44.4 Å². The number of aliphatic hydroxyl groups excluding tert-OH is 1. The average molecular weight is 283 g/mol. The van der Waals surface area contributed by atoms with Gasteiger partial charge in [-0.3, -0.25) is 0 Å². The van der Waals surface area contributed by atoms with Gasteiger partial charge in [-0.25, -0.2) is 0 Å². The first-order chi connectivity index (χ1) is 9.66. The molecule has 0 aliphatic carbocycles. The van der Waals surface area contributed by atoms with Gasteiger partial charge < -0.3 is 15.0 Å². The largest absolute Gasteiger partial charge is 0.550 e. The molecule has 0 fully saturated rings. The molecule has 0 spiro atoms. The van der Waals surface area contributed by atoms with E-state index in [1.807, 2.05) is 0 Å². The van der Waals surface area contributed by atoms with Crippen molar-refractivity contribution in [3.8, 4) is 0 Å². The zero-order chi connectivity index (χ0) is 15.1. The van der Waals surface area contributed by atoms with Crippen LogP contribution in [0.1, 0.15) is 77.6 Å². The highest BCUT2D eigenvalue weighted by molar-refractivity contribution is 5.63. The molecule has 20 heavy (non-hydrogen) atoms. The molecule has 0 aromatic heterocycles. The third kappa shape index (κ3) is 15.2. The van der Waals surface area contributed by atoms with Crippen molar-refractivity contribution in [1.82, 2.24) is 0 Å². The molecule has 0 aliphatic rings. The molecule has 0 heterocycles. The van der Waals surface area contributed by atoms with Crippen LogP contribution in [0, 0.1) is 5.92 Å². The van der Waals surface area contributed by atoms with Crippen molar-refractivity contribution in [1.29, 1.82) is 0 Å². The summed E-state index contributed by atoms with van der Waals surface area (Å²) in [7, 11) is 0. The number of allylic oxidation sites excluding steroid dienone is 2. The summed E-state index contributed by atoms with van der Waals surface area (Å²) < 4.78 is 0. The summed E-state index contributed by atoms with van der Waals surface area (Å²) in [6, 6.07) is 0. The molecule has 0 rings (SSSR count). The van der Waals surface area contributed by atoms with Gasteiger partial charge in [0.2, 0.25) is 0 Å². The SMILES string of the molecule is CC(C/C=C/CCCCCCCCCC(=O)[O-])CCO. The normalized spacial score (nSPS) is 12.9. The number of carbonyl (C=O) groups is 1. The first-order valence-corrected chi connectivity index (χ1v) is 8.12. The van der Waals surface area contributed by atoms with Crippen LogP contribution < -0.4 is 5.11 Å². The molecule has 1 unspecified atom stereocenters. The monoisotopic (exact) mass is 283 g/mol. The van der Waals surface area contributed by atoms with Gasteiger partial charge in [-0.2, -0.15) is 0 Å². The number of aliphatic hydroxyl groups is 1. The van der Waals surface area contributed by atoms with Crippen LogP contribution in [0.5, 0.6) is 0 Å². The van der Waals surface area contributed by atoms with Crippen molar-refractivity contribution in [2.24, 2.45) is 5.92 Å². The molecule has 0 saturated heterocycles. The number of carbonyl (C=O) groups excluding carboxylic acids is 1. The predicted octanol–water partition coefficient (Wildman–Crippen LogP) is 3.21. The van der Waals surface area contributed by atoms with Crippen molar-refractivity contribution in [3.63, 3.8) is 0 Å². The molecule has 0 aliphatic heterocycles. The predicted molar refractivity (Wildman–Crippen MR) is 81.2 cm³/mol. The Kier molecular flexibility index (Phi) is 14.0. The van der Waals surface area contributed by atoms with Crippen molar-refractivity contribution in [2.45, 2.75) is 77.6 Å². The maximum absolute atomic E-state index is 10.2. The fourth-order valence-corrected chi connectivity index (χ4v) is 2.20. The van der Waals surface area contributed by atoms with E-state index in [1.54, 1.807) is 0 Å². The van der Waals surface area contributed by atoms with E-state index >= 15 is 0 Å². The highest BCUT2D eigenvalue weighted by Gasteiger charge is 1.96. The molecular weight excluding hydrogens is 252 g/mol. The topological polar surface area (TPSA) is 60.4 Å². The Balaban J connectivity index is 3.16. The van der Waals surface area contributed by atoms with Gasteiger partial charge in [0.25, 0.3) is 0 Å². The number of unbranched alkanes of at least 4 members (excludes halogenated alkanes) is 7. The number of carboxylic acid groups (broad SMARTS) is 1. The van der Waals surface area contributed by atoms with E-state index in [2.05, 4.69) is 19.1 Å². The zero-order valence-electron chi connectivity index (χ0n) is 13.0. The van der Waals surface area contributed by atoms with Crippen LogP contribution in [0.4, 0.5) is 0 Å². The van der Waals surface area contributed by atoms with E-state index in [0.29, 0.717) is 5.92 Å². The number of aliphatic carboxylic acids is 1. The number of hydrogen-bond donors (Lipinski definition) is 1. The van der Waals surface area contributed by atoms with Crippen LogP contribution >= 0.6 is 0 Å². The lowest BCUT2D eigenvalue weighted by molar-refractivity contribution is -0.305. The summed E-state index contributed by atoms with van der Waals surface area (Å²) in [6.45, 7) is 2.46. The number of rotatable bonds is 14. The molecule has 3 nitrogen and oxygen atoms in total. The van der Waals surface area contributed by atoms with Crippen LogP contribution in [0.15, 0.2) is 12.2 Å². The lowest BCUT2D eigenvalue weighted by atomic mass is 10.0. The Hall–Kier alpha value is -0.830. The minimum atomic E-state index is -0.926. The minimum Gasteiger partial charge on any atom is -0.550 e. The molecule has 118 valence electrons. The Morgan fingerprint density at radius 1 is 1.05 bits per heavy atom. The zero-order valence-corrected chi connectivity index (χ0v) is 13.0. The van der Waals surface area contributed by atoms with E-state index in [9.17, 15) is 9.90 Å². The average Bonchev–Trinajstić information content (AvgIpc) is 2.40. The van der Waals surface area contributed by atoms with Gasteiger partial charge in [-0.15, -0.1) is 0 Å². The second-order valence-electron chi connectivity index (χ2n) is 5.71. The van der Waals surface area contributed by atoms with E-state index < -0.39 is 5.97 Å². The van der Waals surface area contributed by atoms with Crippen LogP contribution in [0.3, 0.4) is 0 Å². The smallest absolute Gasteiger partial charge is 0.0433 e. The number of carboxylic acids is 1. The Labute approximate surface area is 124 Å². The van der Waals surface area contributed by atoms with E-state index in [1.165, 1.54) is 25.7 Å². The van der Waals surface area contributed by atoms with E-state index in [-0.39, 0.29) is 13.0 Å².